The number of aliphatic hydroxyl groups is 1. The van der Waals surface area contributed by atoms with E-state index in [0.717, 1.165) is 19.3 Å². The van der Waals surface area contributed by atoms with Crippen molar-refractivity contribution in [2.75, 3.05) is 0 Å². The SMILES string of the molecule is CCCCCC(O)CC(=O)NC(CCC(N)=O)C(=O)O. The van der Waals surface area contributed by atoms with E-state index in [0.29, 0.717) is 6.42 Å². The lowest BCUT2D eigenvalue weighted by atomic mass is 10.1. The van der Waals surface area contributed by atoms with Gasteiger partial charge in [-0.2, -0.15) is 0 Å². The summed E-state index contributed by atoms with van der Waals surface area (Å²) in [6, 6.07) is -1.15. The Balaban J connectivity index is 4.11. The molecule has 5 N–H and O–H groups in total. The monoisotopic (exact) mass is 288 g/mol. The molecule has 2 atom stereocenters. The Morgan fingerprint density at radius 2 is 1.85 bits per heavy atom. The molecular formula is C13H24N2O5. The van der Waals surface area contributed by atoms with Crippen LogP contribution in [-0.2, 0) is 14.4 Å². The van der Waals surface area contributed by atoms with Crippen LogP contribution in [0.15, 0.2) is 0 Å². The Labute approximate surface area is 118 Å². The topological polar surface area (TPSA) is 130 Å². The molecule has 0 radical (unpaired) electrons. The van der Waals surface area contributed by atoms with Crippen LogP contribution in [-0.4, -0.2) is 40.1 Å². The number of primary amides is 1. The minimum atomic E-state index is -1.22. The normalized spacial score (nSPS) is 13.5. The molecule has 2 amide bonds. The second-order valence-corrected chi connectivity index (χ2v) is 4.82. The number of amides is 2. The second kappa shape index (κ2) is 10.2. The van der Waals surface area contributed by atoms with Crippen molar-refractivity contribution in [3.8, 4) is 0 Å². The van der Waals surface area contributed by atoms with E-state index in [4.69, 9.17) is 10.8 Å². The number of unbranched alkanes of at least 4 members (excludes halogenated alkanes) is 2. The van der Waals surface area contributed by atoms with E-state index in [1.807, 2.05) is 6.92 Å². The summed E-state index contributed by atoms with van der Waals surface area (Å²) in [5.41, 5.74) is 4.94. The van der Waals surface area contributed by atoms with Crippen LogP contribution in [0.3, 0.4) is 0 Å². The highest BCUT2D eigenvalue weighted by atomic mass is 16.4. The third kappa shape index (κ3) is 9.32. The predicted molar refractivity (Wildman–Crippen MR) is 72.8 cm³/mol. The summed E-state index contributed by atoms with van der Waals surface area (Å²) in [6.07, 6.45) is 2.27. The Kier molecular flexibility index (Phi) is 9.36. The van der Waals surface area contributed by atoms with Gasteiger partial charge in [-0.15, -0.1) is 0 Å². The fraction of sp³-hybridized carbons (Fsp3) is 0.769. The summed E-state index contributed by atoms with van der Waals surface area (Å²) >= 11 is 0. The van der Waals surface area contributed by atoms with Gasteiger partial charge in [-0.1, -0.05) is 26.2 Å². The van der Waals surface area contributed by atoms with Gasteiger partial charge in [0.2, 0.25) is 11.8 Å². The molecule has 0 aromatic rings. The molecule has 0 fully saturated rings. The van der Waals surface area contributed by atoms with E-state index in [1.54, 1.807) is 0 Å². The standard InChI is InChI=1S/C13H24N2O5/c1-2-3-4-5-9(16)8-12(18)15-10(13(19)20)6-7-11(14)17/h9-10,16H,2-8H2,1H3,(H2,14,17)(H,15,18)(H,19,20). The van der Waals surface area contributed by atoms with Gasteiger partial charge in [-0.25, -0.2) is 4.79 Å². The van der Waals surface area contributed by atoms with Crippen LogP contribution in [0.4, 0.5) is 0 Å². The number of rotatable bonds is 11. The number of aliphatic hydroxyl groups excluding tert-OH is 1. The van der Waals surface area contributed by atoms with Crippen LogP contribution in [0.5, 0.6) is 0 Å². The summed E-state index contributed by atoms with van der Waals surface area (Å²) in [6.45, 7) is 2.04. The first-order chi connectivity index (χ1) is 9.36. The third-order valence-corrected chi connectivity index (χ3v) is 2.87. The number of carbonyl (C=O) groups excluding carboxylic acids is 2. The number of hydrogen-bond acceptors (Lipinski definition) is 4. The van der Waals surface area contributed by atoms with Gasteiger partial charge in [0.15, 0.2) is 0 Å². The zero-order valence-electron chi connectivity index (χ0n) is 11.8. The van der Waals surface area contributed by atoms with Gasteiger partial charge in [-0.3, -0.25) is 9.59 Å². The molecule has 0 heterocycles. The molecule has 7 nitrogen and oxygen atoms in total. The van der Waals surface area contributed by atoms with Crippen molar-refractivity contribution in [3.63, 3.8) is 0 Å². The average Bonchev–Trinajstić information content (AvgIpc) is 2.34. The van der Waals surface area contributed by atoms with E-state index in [2.05, 4.69) is 5.32 Å². The molecule has 0 bridgehead atoms. The first kappa shape index (κ1) is 18.4. The zero-order valence-corrected chi connectivity index (χ0v) is 11.8. The molecule has 20 heavy (non-hydrogen) atoms. The molecule has 0 aliphatic carbocycles. The lowest BCUT2D eigenvalue weighted by Gasteiger charge is -2.15. The number of aliphatic carboxylic acids is 1. The first-order valence-electron chi connectivity index (χ1n) is 6.85. The molecule has 0 aromatic heterocycles. The van der Waals surface area contributed by atoms with Crippen molar-refractivity contribution >= 4 is 17.8 Å². The molecule has 0 rings (SSSR count). The fourth-order valence-corrected chi connectivity index (χ4v) is 1.74. The number of hydrogen-bond donors (Lipinski definition) is 4. The minimum Gasteiger partial charge on any atom is -0.480 e. The number of nitrogens with two attached hydrogens (primary N) is 1. The first-order valence-corrected chi connectivity index (χ1v) is 6.85. The van der Waals surface area contributed by atoms with Crippen molar-refractivity contribution in [3.05, 3.63) is 0 Å². The molecule has 0 saturated heterocycles. The van der Waals surface area contributed by atoms with Crippen LogP contribution >= 0.6 is 0 Å². The third-order valence-electron chi connectivity index (χ3n) is 2.87. The molecule has 2 unspecified atom stereocenters. The maximum absolute atomic E-state index is 11.6. The number of nitrogens with one attached hydrogen (secondary N) is 1. The van der Waals surface area contributed by atoms with E-state index >= 15 is 0 Å². The van der Waals surface area contributed by atoms with Gasteiger partial charge in [0.25, 0.3) is 0 Å². The van der Waals surface area contributed by atoms with Crippen LogP contribution in [0.1, 0.15) is 51.9 Å². The Morgan fingerprint density at radius 3 is 2.35 bits per heavy atom. The van der Waals surface area contributed by atoms with Crippen LogP contribution < -0.4 is 11.1 Å². The van der Waals surface area contributed by atoms with Gasteiger partial charge < -0.3 is 21.3 Å². The van der Waals surface area contributed by atoms with Crippen LogP contribution in [0.2, 0.25) is 0 Å². The average molecular weight is 288 g/mol. The quantitative estimate of drug-likeness (QED) is 0.402. The Hall–Kier alpha value is -1.63. The minimum absolute atomic E-state index is 0.0532. The highest BCUT2D eigenvalue weighted by Gasteiger charge is 2.21. The lowest BCUT2D eigenvalue weighted by Crippen LogP contribution is -2.42. The van der Waals surface area contributed by atoms with Crippen molar-refractivity contribution in [1.29, 1.82) is 0 Å². The molecule has 116 valence electrons. The highest BCUT2D eigenvalue weighted by molar-refractivity contribution is 5.84. The van der Waals surface area contributed by atoms with Gasteiger partial charge in [0, 0.05) is 6.42 Å². The van der Waals surface area contributed by atoms with E-state index in [9.17, 15) is 19.5 Å². The Morgan fingerprint density at radius 1 is 1.20 bits per heavy atom. The maximum atomic E-state index is 11.6. The molecule has 0 aromatic carbocycles. The molecule has 7 heteroatoms. The molecule has 0 aliphatic rings. The van der Waals surface area contributed by atoms with Crippen molar-refractivity contribution in [1.82, 2.24) is 5.32 Å². The van der Waals surface area contributed by atoms with Gasteiger partial charge in [0.1, 0.15) is 6.04 Å². The summed E-state index contributed by atoms with van der Waals surface area (Å²) < 4.78 is 0. The number of carboxylic acid groups (broad SMARTS) is 1. The van der Waals surface area contributed by atoms with E-state index < -0.39 is 29.9 Å². The van der Waals surface area contributed by atoms with Crippen LogP contribution in [0, 0.1) is 0 Å². The summed E-state index contributed by atoms with van der Waals surface area (Å²) in [5.74, 6) is -2.38. The van der Waals surface area contributed by atoms with Crippen molar-refractivity contribution < 1.29 is 24.6 Å². The maximum Gasteiger partial charge on any atom is 0.326 e. The fourth-order valence-electron chi connectivity index (χ4n) is 1.74. The second-order valence-electron chi connectivity index (χ2n) is 4.82. The predicted octanol–water partition coefficient (Wildman–Crippen LogP) is 0.153. The van der Waals surface area contributed by atoms with Gasteiger partial charge in [0.05, 0.1) is 12.5 Å². The zero-order chi connectivity index (χ0) is 15.5. The highest BCUT2D eigenvalue weighted by Crippen LogP contribution is 2.07. The number of carbonyl (C=O) groups is 3. The molecule has 0 aliphatic heterocycles. The van der Waals surface area contributed by atoms with Crippen molar-refractivity contribution in [2.45, 2.75) is 64.0 Å². The summed E-state index contributed by atoms with van der Waals surface area (Å²) in [5, 5.41) is 20.8. The smallest absolute Gasteiger partial charge is 0.326 e. The molecular weight excluding hydrogens is 264 g/mol. The van der Waals surface area contributed by atoms with E-state index in [1.165, 1.54) is 0 Å². The molecule has 0 saturated carbocycles. The summed E-state index contributed by atoms with van der Waals surface area (Å²) in [4.78, 5) is 33.1. The summed E-state index contributed by atoms with van der Waals surface area (Å²) in [7, 11) is 0. The van der Waals surface area contributed by atoms with E-state index in [-0.39, 0.29) is 19.3 Å². The van der Waals surface area contributed by atoms with Crippen molar-refractivity contribution in [2.24, 2.45) is 5.73 Å². The number of carboxylic acids is 1. The van der Waals surface area contributed by atoms with Gasteiger partial charge >= 0.3 is 5.97 Å². The largest absolute Gasteiger partial charge is 0.480 e. The van der Waals surface area contributed by atoms with Gasteiger partial charge in [-0.05, 0) is 12.8 Å². The molecule has 0 spiro atoms. The Bertz CT molecular complexity index is 333. The van der Waals surface area contributed by atoms with Crippen LogP contribution in [0.25, 0.3) is 0 Å². The lowest BCUT2D eigenvalue weighted by molar-refractivity contribution is -0.142.